The van der Waals surface area contributed by atoms with Crippen molar-refractivity contribution in [1.29, 1.82) is 0 Å². The summed E-state index contributed by atoms with van der Waals surface area (Å²) in [6, 6.07) is 7.46. The molecule has 2 N–H and O–H groups in total. The summed E-state index contributed by atoms with van der Waals surface area (Å²) in [7, 11) is 0. The second-order valence-corrected chi connectivity index (χ2v) is 5.79. The third-order valence-corrected chi connectivity index (χ3v) is 4.38. The van der Waals surface area contributed by atoms with E-state index in [2.05, 4.69) is 25.5 Å². The third kappa shape index (κ3) is 3.47. The minimum absolute atomic E-state index is 0.215. The molecule has 0 fully saturated rings. The van der Waals surface area contributed by atoms with Crippen LogP contribution in [0.4, 0.5) is 5.95 Å². The number of H-pyrrole nitrogens is 1. The number of amides is 1. The summed E-state index contributed by atoms with van der Waals surface area (Å²) >= 11 is 3.15. The van der Waals surface area contributed by atoms with Crippen LogP contribution >= 0.6 is 23.1 Å². The van der Waals surface area contributed by atoms with Gasteiger partial charge < -0.3 is 0 Å². The van der Waals surface area contributed by atoms with Gasteiger partial charge in [0.1, 0.15) is 6.33 Å². The Morgan fingerprint density at radius 2 is 2.24 bits per heavy atom. The van der Waals surface area contributed by atoms with Crippen LogP contribution in [0.1, 0.15) is 16.1 Å². The third-order valence-electron chi connectivity index (χ3n) is 2.64. The van der Waals surface area contributed by atoms with E-state index >= 15 is 0 Å². The predicted molar refractivity (Wildman–Crippen MR) is 82.5 cm³/mol. The minimum atomic E-state index is -0.215. The quantitative estimate of drug-likeness (QED) is 0.707. The van der Waals surface area contributed by atoms with Crippen molar-refractivity contribution in [1.82, 2.24) is 20.2 Å². The number of rotatable bonds is 5. The van der Waals surface area contributed by atoms with E-state index in [-0.39, 0.29) is 5.91 Å². The number of nitrogens with one attached hydrogen (secondary N) is 2. The standard InChI is InChI=1S/C13H11N5OS2/c19-12(17-13-14-7-16-18-13)10-3-1-2-4-11(10)21-6-9-5-20-8-15-9/h1-5,7-8H,6H2,(H2,14,16,17,18,19). The Morgan fingerprint density at radius 1 is 1.33 bits per heavy atom. The van der Waals surface area contributed by atoms with Crippen molar-refractivity contribution < 1.29 is 4.79 Å². The van der Waals surface area contributed by atoms with E-state index in [1.165, 1.54) is 6.33 Å². The molecule has 0 saturated heterocycles. The zero-order valence-corrected chi connectivity index (χ0v) is 12.4. The summed E-state index contributed by atoms with van der Waals surface area (Å²) in [6.07, 6.45) is 1.35. The summed E-state index contributed by atoms with van der Waals surface area (Å²) in [5.74, 6) is 0.850. The van der Waals surface area contributed by atoms with Gasteiger partial charge >= 0.3 is 0 Å². The molecule has 1 amide bonds. The molecular weight excluding hydrogens is 306 g/mol. The van der Waals surface area contributed by atoms with E-state index in [1.54, 1.807) is 34.7 Å². The largest absolute Gasteiger partial charge is 0.291 e. The molecule has 6 nitrogen and oxygen atoms in total. The van der Waals surface area contributed by atoms with Crippen LogP contribution in [0.2, 0.25) is 0 Å². The Balaban J connectivity index is 1.74. The average molecular weight is 317 g/mol. The van der Waals surface area contributed by atoms with Crippen LogP contribution in [0, 0.1) is 0 Å². The van der Waals surface area contributed by atoms with Gasteiger partial charge in [0.05, 0.1) is 16.8 Å². The molecule has 2 heterocycles. The van der Waals surface area contributed by atoms with Gasteiger partial charge in [-0.05, 0) is 12.1 Å². The highest BCUT2D eigenvalue weighted by Gasteiger charge is 2.13. The van der Waals surface area contributed by atoms with Crippen molar-refractivity contribution in [3.63, 3.8) is 0 Å². The maximum absolute atomic E-state index is 12.3. The molecule has 1 aromatic carbocycles. The fourth-order valence-electron chi connectivity index (χ4n) is 1.68. The summed E-state index contributed by atoms with van der Waals surface area (Å²) in [6.45, 7) is 0. The first kappa shape index (κ1) is 13.8. The van der Waals surface area contributed by atoms with E-state index in [4.69, 9.17) is 0 Å². The van der Waals surface area contributed by atoms with Gasteiger partial charge in [0, 0.05) is 16.0 Å². The molecule has 0 aliphatic heterocycles. The minimum Gasteiger partial charge on any atom is -0.291 e. The average Bonchev–Trinajstić information content (AvgIpc) is 3.18. The second-order valence-electron chi connectivity index (χ2n) is 4.05. The van der Waals surface area contributed by atoms with E-state index < -0.39 is 0 Å². The van der Waals surface area contributed by atoms with E-state index in [1.807, 2.05) is 23.6 Å². The fourth-order valence-corrected chi connectivity index (χ4v) is 3.30. The van der Waals surface area contributed by atoms with Crippen molar-refractivity contribution >= 4 is 35.0 Å². The normalized spacial score (nSPS) is 10.5. The van der Waals surface area contributed by atoms with Gasteiger partial charge in [-0.15, -0.1) is 23.1 Å². The maximum atomic E-state index is 12.3. The molecule has 106 valence electrons. The zero-order chi connectivity index (χ0) is 14.5. The van der Waals surface area contributed by atoms with Gasteiger partial charge in [-0.3, -0.25) is 10.1 Å². The molecule has 0 atom stereocenters. The van der Waals surface area contributed by atoms with Crippen LogP contribution in [-0.4, -0.2) is 26.1 Å². The van der Waals surface area contributed by atoms with Crippen LogP contribution in [0.25, 0.3) is 0 Å². The summed E-state index contributed by atoms with van der Waals surface area (Å²) in [4.78, 5) is 21.3. The lowest BCUT2D eigenvalue weighted by atomic mass is 10.2. The Kier molecular flexibility index (Phi) is 4.27. The highest BCUT2D eigenvalue weighted by molar-refractivity contribution is 7.98. The van der Waals surface area contributed by atoms with Crippen molar-refractivity contribution in [3.05, 3.63) is 52.7 Å². The molecule has 0 aliphatic rings. The summed E-state index contributed by atoms with van der Waals surface area (Å²) in [5, 5.41) is 11.0. The van der Waals surface area contributed by atoms with Gasteiger partial charge in [0.15, 0.2) is 0 Å². The first-order valence-electron chi connectivity index (χ1n) is 6.08. The predicted octanol–water partition coefficient (Wildman–Crippen LogP) is 2.81. The zero-order valence-electron chi connectivity index (χ0n) is 10.8. The monoisotopic (exact) mass is 317 g/mol. The van der Waals surface area contributed by atoms with Crippen LogP contribution in [-0.2, 0) is 5.75 Å². The molecule has 3 rings (SSSR count). The molecule has 0 unspecified atom stereocenters. The maximum Gasteiger partial charge on any atom is 0.259 e. The smallest absolute Gasteiger partial charge is 0.259 e. The van der Waals surface area contributed by atoms with E-state index in [9.17, 15) is 4.79 Å². The molecule has 0 aliphatic carbocycles. The molecule has 21 heavy (non-hydrogen) atoms. The number of thioether (sulfide) groups is 1. The molecule has 0 bridgehead atoms. The van der Waals surface area contributed by atoms with Crippen molar-refractivity contribution in [2.24, 2.45) is 0 Å². The number of hydrogen-bond donors (Lipinski definition) is 2. The van der Waals surface area contributed by atoms with Crippen LogP contribution < -0.4 is 5.32 Å². The second kappa shape index (κ2) is 6.51. The van der Waals surface area contributed by atoms with E-state index in [0.717, 1.165) is 16.3 Å². The van der Waals surface area contributed by atoms with Gasteiger partial charge in [0.25, 0.3) is 5.91 Å². The number of nitrogens with zero attached hydrogens (tertiary/aromatic N) is 3. The number of carbonyl (C=O) groups is 1. The number of aromatic amines is 1. The number of anilines is 1. The van der Waals surface area contributed by atoms with Crippen LogP contribution in [0.5, 0.6) is 0 Å². The SMILES string of the molecule is O=C(Nc1ncn[nH]1)c1ccccc1SCc1cscn1. The number of carbonyl (C=O) groups excluding carboxylic acids is 1. The number of benzene rings is 1. The Labute approximate surface area is 129 Å². The summed E-state index contributed by atoms with van der Waals surface area (Å²) in [5.41, 5.74) is 3.42. The van der Waals surface area contributed by atoms with Crippen molar-refractivity contribution in [3.8, 4) is 0 Å². The molecule has 0 saturated carbocycles. The van der Waals surface area contributed by atoms with Crippen molar-refractivity contribution in [2.45, 2.75) is 10.6 Å². The van der Waals surface area contributed by atoms with Gasteiger partial charge in [-0.2, -0.15) is 10.1 Å². The molecule has 3 aromatic rings. The molecule has 0 spiro atoms. The lowest BCUT2D eigenvalue weighted by molar-refractivity contribution is 0.102. The first-order valence-corrected chi connectivity index (χ1v) is 8.01. The van der Waals surface area contributed by atoms with E-state index in [0.29, 0.717) is 11.5 Å². The Hall–Kier alpha value is -2.19. The highest BCUT2D eigenvalue weighted by atomic mass is 32.2. The molecular formula is C13H11N5OS2. The number of aromatic nitrogens is 4. The highest BCUT2D eigenvalue weighted by Crippen LogP contribution is 2.26. The lowest BCUT2D eigenvalue weighted by Crippen LogP contribution is -2.14. The Bertz CT molecular complexity index is 712. The first-order chi connectivity index (χ1) is 10.3. The number of hydrogen-bond acceptors (Lipinski definition) is 6. The Morgan fingerprint density at radius 3 is 3.00 bits per heavy atom. The lowest BCUT2D eigenvalue weighted by Gasteiger charge is -2.07. The molecule has 0 radical (unpaired) electrons. The van der Waals surface area contributed by atoms with Gasteiger partial charge in [-0.25, -0.2) is 10.1 Å². The fraction of sp³-hybridized carbons (Fsp3) is 0.0769. The molecule has 2 aromatic heterocycles. The number of thiazole rings is 1. The summed E-state index contributed by atoms with van der Waals surface area (Å²) < 4.78 is 0. The van der Waals surface area contributed by atoms with Crippen molar-refractivity contribution in [2.75, 3.05) is 5.32 Å². The van der Waals surface area contributed by atoms with Crippen LogP contribution in [0.15, 0.2) is 46.4 Å². The molecule has 8 heteroatoms. The van der Waals surface area contributed by atoms with Gasteiger partial charge in [-0.1, -0.05) is 12.1 Å². The van der Waals surface area contributed by atoms with Crippen LogP contribution in [0.3, 0.4) is 0 Å². The van der Waals surface area contributed by atoms with Gasteiger partial charge in [0.2, 0.25) is 5.95 Å². The topological polar surface area (TPSA) is 83.6 Å².